The van der Waals surface area contributed by atoms with E-state index in [2.05, 4.69) is 0 Å². The molecule has 0 heterocycles. The number of aryl methyl sites for hydroxylation is 1. The molecule has 1 N–H and O–H groups in total. The molecule has 0 saturated carbocycles. The average molecular weight is 324 g/mol. The van der Waals surface area contributed by atoms with Gasteiger partial charge in [-0.1, -0.05) is 18.2 Å². The van der Waals surface area contributed by atoms with Crippen LogP contribution in [0, 0.1) is 0 Å². The van der Waals surface area contributed by atoms with Gasteiger partial charge in [0.05, 0.1) is 12.7 Å². The molecule has 23 heavy (non-hydrogen) atoms. The maximum Gasteiger partial charge on any atom is 0.416 e. The van der Waals surface area contributed by atoms with Crippen LogP contribution in [0.1, 0.15) is 17.5 Å². The van der Waals surface area contributed by atoms with Crippen LogP contribution in [0.4, 0.5) is 13.2 Å². The summed E-state index contributed by atoms with van der Waals surface area (Å²) in [5.74, 6) is -0.388. The molecular formula is C17H15F3O3. The Hall–Kier alpha value is -2.50. The van der Waals surface area contributed by atoms with Gasteiger partial charge in [-0.3, -0.25) is 4.79 Å². The summed E-state index contributed by atoms with van der Waals surface area (Å²) in [5.41, 5.74) is 1.27. The SMILES string of the molecule is COc1ccc(CCC(=O)O)cc1-c1ccc(C(F)(F)F)cc1. The van der Waals surface area contributed by atoms with Gasteiger partial charge in [0.15, 0.2) is 0 Å². The minimum absolute atomic E-state index is 0.0151. The molecule has 0 aliphatic heterocycles. The lowest BCUT2D eigenvalue weighted by Gasteiger charge is -2.12. The lowest BCUT2D eigenvalue weighted by atomic mass is 9.99. The molecule has 0 unspecified atom stereocenters. The van der Waals surface area contributed by atoms with E-state index in [-0.39, 0.29) is 6.42 Å². The fourth-order valence-electron chi connectivity index (χ4n) is 2.23. The van der Waals surface area contributed by atoms with E-state index in [9.17, 15) is 18.0 Å². The van der Waals surface area contributed by atoms with E-state index in [0.29, 0.717) is 23.3 Å². The van der Waals surface area contributed by atoms with Crippen molar-refractivity contribution in [3.05, 3.63) is 53.6 Å². The minimum atomic E-state index is -4.38. The third-order valence-corrected chi connectivity index (χ3v) is 3.41. The van der Waals surface area contributed by atoms with E-state index in [1.165, 1.54) is 19.2 Å². The summed E-state index contributed by atoms with van der Waals surface area (Å²) in [7, 11) is 1.47. The molecule has 0 aromatic heterocycles. The van der Waals surface area contributed by atoms with Gasteiger partial charge in [-0.15, -0.1) is 0 Å². The van der Waals surface area contributed by atoms with Crippen LogP contribution >= 0.6 is 0 Å². The number of carboxylic acids is 1. The molecule has 2 rings (SSSR count). The number of rotatable bonds is 5. The van der Waals surface area contributed by atoms with E-state index in [0.717, 1.165) is 17.7 Å². The molecule has 2 aromatic carbocycles. The summed E-state index contributed by atoms with van der Waals surface area (Å²) in [4.78, 5) is 10.7. The Morgan fingerprint density at radius 2 is 1.78 bits per heavy atom. The van der Waals surface area contributed by atoms with E-state index in [1.807, 2.05) is 0 Å². The summed E-state index contributed by atoms with van der Waals surface area (Å²) >= 11 is 0. The Bertz CT molecular complexity index is 691. The highest BCUT2D eigenvalue weighted by Gasteiger charge is 2.30. The Kier molecular flexibility index (Phi) is 4.93. The predicted molar refractivity (Wildman–Crippen MR) is 79.4 cm³/mol. The molecule has 0 aliphatic carbocycles. The lowest BCUT2D eigenvalue weighted by molar-refractivity contribution is -0.138. The second-order valence-corrected chi connectivity index (χ2v) is 5.00. The molecule has 0 saturated heterocycles. The summed E-state index contributed by atoms with van der Waals surface area (Å²) in [6.07, 6.45) is -4.06. The summed E-state index contributed by atoms with van der Waals surface area (Å²) in [6.45, 7) is 0. The number of methoxy groups -OCH3 is 1. The number of carbonyl (C=O) groups is 1. The van der Waals surface area contributed by atoms with Crippen molar-refractivity contribution in [2.75, 3.05) is 7.11 Å². The van der Waals surface area contributed by atoms with E-state index < -0.39 is 17.7 Å². The maximum atomic E-state index is 12.6. The van der Waals surface area contributed by atoms with Crippen molar-refractivity contribution in [2.45, 2.75) is 19.0 Å². The average Bonchev–Trinajstić information content (AvgIpc) is 2.52. The number of hydrogen-bond donors (Lipinski definition) is 1. The first-order valence-corrected chi connectivity index (χ1v) is 6.87. The maximum absolute atomic E-state index is 12.6. The molecule has 122 valence electrons. The van der Waals surface area contributed by atoms with Crippen LogP contribution in [0.2, 0.25) is 0 Å². The van der Waals surface area contributed by atoms with Crippen molar-refractivity contribution in [1.82, 2.24) is 0 Å². The number of benzene rings is 2. The molecule has 0 bridgehead atoms. The zero-order valence-electron chi connectivity index (χ0n) is 12.4. The predicted octanol–water partition coefficient (Wildman–Crippen LogP) is 4.40. The van der Waals surface area contributed by atoms with Crippen LogP contribution in [-0.4, -0.2) is 18.2 Å². The standard InChI is InChI=1S/C17H15F3O3/c1-23-15-8-2-11(3-9-16(21)22)10-14(15)12-4-6-13(7-5-12)17(18,19)20/h2,4-8,10H,3,9H2,1H3,(H,21,22). The molecule has 0 radical (unpaired) electrons. The minimum Gasteiger partial charge on any atom is -0.496 e. The third kappa shape index (κ3) is 4.25. The van der Waals surface area contributed by atoms with Crippen molar-refractivity contribution < 1.29 is 27.8 Å². The van der Waals surface area contributed by atoms with Crippen LogP contribution in [-0.2, 0) is 17.4 Å². The quantitative estimate of drug-likeness (QED) is 0.887. The van der Waals surface area contributed by atoms with Gasteiger partial charge in [0.2, 0.25) is 0 Å². The van der Waals surface area contributed by atoms with Crippen molar-refractivity contribution in [3.63, 3.8) is 0 Å². The normalized spacial score (nSPS) is 11.3. The molecule has 0 amide bonds. The highest BCUT2D eigenvalue weighted by Crippen LogP contribution is 2.34. The van der Waals surface area contributed by atoms with Crippen LogP contribution < -0.4 is 4.74 Å². The van der Waals surface area contributed by atoms with Crippen LogP contribution in [0.25, 0.3) is 11.1 Å². The van der Waals surface area contributed by atoms with E-state index in [4.69, 9.17) is 9.84 Å². The molecular weight excluding hydrogens is 309 g/mol. The van der Waals surface area contributed by atoms with Gasteiger partial charge < -0.3 is 9.84 Å². The van der Waals surface area contributed by atoms with Gasteiger partial charge in [0.25, 0.3) is 0 Å². The zero-order chi connectivity index (χ0) is 17.0. The van der Waals surface area contributed by atoms with Gasteiger partial charge in [-0.05, 0) is 41.8 Å². The van der Waals surface area contributed by atoms with Gasteiger partial charge in [-0.25, -0.2) is 0 Å². The first-order valence-electron chi connectivity index (χ1n) is 6.87. The number of carboxylic acid groups (broad SMARTS) is 1. The molecule has 2 aromatic rings. The highest BCUT2D eigenvalue weighted by molar-refractivity contribution is 5.72. The molecule has 0 spiro atoms. The first-order chi connectivity index (χ1) is 10.8. The molecule has 0 aliphatic rings. The third-order valence-electron chi connectivity index (χ3n) is 3.41. The Balaban J connectivity index is 2.36. The molecule has 0 fully saturated rings. The fourth-order valence-corrected chi connectivity index (χ4v) is 2.23. The summed E-state index contributed by atoms with van der Waals surface area (Å²) < 4.78 is 43.1. The molecule has 3 nitrogen and oxygen atoms in total. The van der Waals surface area contributed by atoms with Gasteiger partial charge in [-0.2, -0.15) is 13.2 Å². The van der Waals surface area contributed by atoms with E-state index >= 15 is 0 Å². The van der Waals surface area contributed by atoms with Crippen molar-refractivity contribution in [2.24, 2.45) is 0 Å². The Morgan fingerprint density at radius 3 is 2.30 bits per heavy atom. The lowest BCUT2D eigenvalue weighted by Crippen LogP contribution is -2.04. The fraction of sp³-hybridized carbons (Fsp3) is 0.235. The summed E-state index contributed by atoms with van der Waals surface area (Å²) in [6, 6.07) is 9.95. The largest absolute Gasteiger partial charge is 0.496 e. The smallest absolute Gasteiger partial charge is 0.416 e. The number of halogens is 3. The second-order valence-electron chi connectivity index (χ2n) is 5.00. The number of aliphatic carboxylic acids is 1. The van der Waals surface area contributed by atoms with Crippen LogP contribution in [0.15, 0.2) is 42.5 Å². The van der Waals surface area contributed by atoms with Gasteiger partial charge in [0, 0.05) is 12.0 Å². The second kappa shape index (κ2) is 6.73. The Labute approximate surface area is 131 Å². The van der Waals surface area contributed by atoms with Gasteiger partial charge >= 0.3 is 12.1 Å². The Morgan fingerprint density at radius 1 is 1.13 bits per heavy atom. The van der Waals surface area contributed by atoms with Crippen molar-refractivity contribution in [1.29, 1.82) is 0 Å². The van der Waals surface area contributed by atoms with E-state index in [1.54, 1.807) is 18.2 Å². The number of ether oxygens (including phenoxy) is 1. The highest BCUT2D eigenvalue weighted by atomic mass is 19.4. The first kappa shape index (κ1) is 16.9. The van der Waals surface area contributed by atoms with Crippen LogP contribution in [0.3, 0.4) is 0 Å². The van der Waals surface area contributed by atoms with Crippen molar-refractivity contribution in [3.8, 4) is 16.9 Å². The zero-order valence-corrected chi connectivity index (χ0v) is 12.4. The molecule has 0 atom stereocenters. The number of alkyl halides is 3. The van der Waals surface area contributed by atoms with Crippen molar-refractivity contribution >= 4 is 5.97 Å². The monoisotopic (exact) mass is 324 g/mol. The topological polar surface area (TPSA) is 46.5 Å². The summed E-state index contributed by atoms with van der Waals surface area (Å²) in [5, 5.41) is 8.74. The molecule has 6 heteroatoms. The van der Waals surface area contributed by atoms with Crippen LogP contribution in [0.5, 0.6) is 5.75 Å². The number of hydrogen-bond acceptors (Lipinski definition) is 2. The van der Waals surface area contributed by atoms with Gasteiger partial charge in [0.1, 0.15) is 5.75 Å².